The van der Waals surface area contributed by atoms with Gasteiger partial charge in [0.25, 0.3) is 5.97 Å². The van der Waals surface area contributed by atoms with Crippen molar-refractivity contribution in [2.75, 3.05) is 6.54 Å². The van der Waals surface area contributed by atoms with E-state index in [1.807, 2.05) is 0 Å². The van der Waals surface area contributed by atoms with Gasteiger partial charge in [0.05, 0.1) is 0 Å². The summed E-state index contributed by atoms with van der Waals surface area (Å²) in [7, 11) is 0. The van der Waals surface area contributed by atoms with E-state index in [-0.39, 0.29) is 0 Å². The Morgan fingerprint density at radius 1 is 0.857 bits per heavy atom. The summed E-state index contributed by atoms with van der Waals surface area (Å²) in [5, 5.41) is 15.7. The molecule has 0 fully saturated rings. The monoisotopic (exact) mass is 301 g/mol. The maximum absolute atomic E-state index is 10.1. The summed E-state index contributed by atoms with van der Waals surface area (Å²) < 4.78 is 0. The number of aliphatic carboxylic acids is 2. The van der Waals surface area contributed by atoms with Crippen LogP contribution >= 0.6 is 0 Å². The number of carbonyl (C=O) groups is 2. The lowest BCUT2D eigenvalue weighted by Gasteiger charge is -2.01. The van der Waals surface area contributed by atoms with Crippen LogP contribution in [0.2, 0.25) is 0 Å². The van der Waals surface area contributed by atoms with Gasteiger partial charge in [0.1, 0.15) is 6.21 Å². The van der Waals surface area contributed by atoms with Gasteiger partial charge >= 0.3 is 5.97 Å². The highest BCUT2D eigenvalue weighted by Crippen LogP contribution is 2.10. The maximum Gasteiger partial charge on any atom is 0.346 e. The van der Waals surface area contributed by atoms with Crippen molar-refractivity contribution >= 4 is 18.2 Å². The average molecular weight is 301 g/mol. The SMILES string of the molecule is CC(=O)O.CCCCCCCCCCCCN=CC(=O)O. The molecule has 0 bridgehead atoms. The molecule has 2 N–H and O–H groups in total. The van der Waals surface area contributed by atoms with Crippen LogP contribution in [-0.2, 0) is 9.59 Å². The quantitative estimate of drug-likeness (QED) is 0.418. The fraction of sp³-hybridized carbons (Fsp3) is 0.812. The number of unbranched alkanes of at least 4 members (excludes halogenated alkanes) is 9. The molecule has 0 aliphatic rings. The molecule has 0 aliphatic heterocycles. The number of hydrogen-bond acceptors (Lipinski definition) is 3. The van der Waals surface area contributed by atoms with Gasteiger partial charge in [-0.25, -0.2) is 4.79 Å². The first-order valence-electron chi connectivity index (χ1n) is 7.93. The zero-order chi connectivity index (χ0) is 16.3. The maximum atomic E-state index is 10.1. The van der Waals surface area contributed by atoms with Crippen LogP contribution in [0.1, 0.15) is 78.1 Å². The van der Waals surface area contributed by atoms with Crippen molar-refractivity contribution < 1.29 is 19.8 Å². The summed E-state index contributed by atoms with van der Waals surface area (Å²) in [4.78, 5) is 22.9. The van der Waals surface area contributed by atoms with Crippen molar-refractivity contribution in [1.29, 1.82) is 0 Å². The molecule has 0 atom stereocenters. The molecule has 0 saturated carbocycles. The number of aliphatic imine (C=N–C) groups is 1. The summed E-state index contributed by atoms with van der Waals surface area (Å²) in [6, 6.07) is 0. The minimum Gasteiger partial charge on any atom is -0.481 e. The summed E-state index contributed by atoms with van der Waals surface area (Å²) in [5.74, 6) is -1.78. The van der Waals surface area contributed by atoms with Gasteiger partial charge in [0, 0.05) is 13.5 Å². The smallest absolute Gasteiger partial charge is 0.346 e. The Morgan fingerprint density at radius 2 is 1.24 bits per heavy atom. The number of carboxylic acids is 2. The molecule has 5 nitrogen and oxygen atoms in total. The zero-order valence-corrected chi connectivity index (χ0v) is 13.5. The van der Waals surface area contributed by atoms with Crippen molar-refractivity contribution in [2.45, 2.75) is 78.1 Å². The molecule has 0 amide bonds. The van der Waals surface area contributed by atoms with Crippen molar-refractivity contribution in [3.05, 3.63) is 0 Å². The van der Waals surface area contributed by atoms with E-state index < -0.39 is 11.9 Å². The lowest BCUT2D eigenvalue weighted by atomic mass is 10.1. The molecule has 0 aliphatic carbocycles. The number of carboxylic acid groups (broad SMARTS) is 2. The first-order valence-corrected chi connectivity index (χ1v) is 7.93. The minimum absolute atomic E-state index is 0.656. The number of rotatable bonds is 12. The van der Waals surface area contributed by atoms with Gasteiger partial charge in [-0.2, -0.15) is 0 Å². The molecule has 0 unspecified atom stereocenters. The third-order valence-electron chi connectivity index (χ3n) is 2.84. The second kappa shape index (κ2) is 18.6. The summed E-state index contributed by atoms with van der Waals surface area (Å²) in [6.45, 7) is 3.98. The molecule has 0 saturated heterocycles. The summed E-state index contributed by atoms with van der Waals surface area (Å²) in [5.41, 5.74) is 0. The van der Waals surface area contributed by atoms with Crippen LogP contribution in [0.5, 0.6) is 0 Å². The number of nitrogens with zero attached hydrogens (tertiary/aromatic N) is 1. The molecular formula is C16H31NO4. The van der Waals surface area contributed by atoms with E-state index in [2.05, 4.69) is 11.9 Å². The molecule has 124 valence electrons. The van der Waals surface area contributed by atoms with Crippen LogP contribution in [0.3, 0.4) is 0 Å². The second-order valence-corrected chi connectivity index (χ2v) is 5.07. The third kappa shape index (κ3) is 32.3. The van der Waals surface area contributed by atoms with E-state index in [1.165, 1.54) is 57.8 Å². The Bertz CT molecular complexity index is 273. The van der Waals surface area contributed by atoms with Gasteiger partial charge in [0.2, 0.25) is 0 Å². The first kappa shape index (κ1) is 21.9. The topological polar surface area (TPSA) is 87.0 Å². The lowest BCUT2D eigenvalue weighted by molar-refractivity contribution is -0.134. The van der Waals surface area contributed by atoms with E-state index in [0.717, 1.165) is 19.6 Å². The van der Waals surface area contributed by atoms with Gasteiger partial charge in [-0.15, -0.1) is 0 Å². The highest BCUT2D eigenvalue weighted by molar-refractivity contribution is 6.21. The fourth-order valence-corrected chi connectivity index (χ4v) is 1.83. The summed E-state index contributed by atoms with van der Waals surface area (Å²) in [6.07, 6.45) is 13.9. The van der Waals surface area contributed by atoms with Crippen molar-refractivity contribution in [3.63, 3.8) is 0 Å². The molecular weight excluding hydrogens is 270 g/mol. The van der Waals surface area contributed by atoms with Gasteiger partial charge in [-0.05, 0) is 6.42 Å². The molecule has 21 heavy (non-hydrogen) atoms. The first-order chi connectivity index (χ1) is 10.0. The van der Waals surface area contributed by atoms with E-state index in [9.17, 15) is 4.79 Å². The van der Waals surface area contributed by atoms with Crippen molar-refractivity contribution in [2.24, 2.45) is 4.99 Å². The van der Waals surface area contributed by atoms with Crippen molar-refractivity contribution in [3.8, 4) is 0 Å². The van der Waals surface area contributed by atoms with Gasteiger partial charge in [-0.3, -0.25) is 9.79 Å². The largest absolute Gasteiger partial charge is 0.481 e. The van der Waals surface area contributed by atoms with E-state index in [4.69, 9.17) is 15.0 Å². The predicted octanol–water partition coefficient (Wildman–Crippen LogP) is 4.15. The van der Waals surface area contributed by atoms with Crippen molar-refractivity contribution in [1.82, 2.24) is 0 Å². The Labute approximate surface area is 128 Å². The normalized spacial score (nSPS) is 10.2. The Kier molecular flexibility index (Phi) is 19.4. The van der Waals surface area contributed by atoms with E-state index in [1.54, 1.807) is 0 Å². The third-order valence-corrected chi connectivity index (χ3v) is 2.84. The molecule has 5 heteroatoms. The molecule has 0 radical (unpaired) electrons. The van der Waals surface area contributed by atoms with Crippen LogP contribution in [0.25, 0.3) is 0 Å². The van der Waals surface area contributed by atoms with Gasteiger partial charge in [0.15, 0.2) is 0 Å². The van der Waals surface area contributed by atoms with Gasteiger partial charge < -0.3 is 10.2 Å². The van der Waals surface area contributed by atoms with Crippen LogP contribution < -0.4 is 0 Å². The van der Waals surface area contributed by atoms with Crippen LogP contribution in [0.15, 0.2) is 4.99 Å². The summed E-state index contributed by atoms with van der Waals surface area (Å²) >= 11 is 0. The highest BCUT2D eigenvalue weighted by Gasteiger charge is 1.92. The van der Waals surface area contributed by atoms with Crippen LogP contribution in [0, 0.1) is 0 Å². The standard InChI is InChI=1S/C14H27NO2.C2H4O2/c1-2-3-4-5-6-7-8-9-10-11-12-15-13-14(16)17;1-2(3)4/h13H,2-12H2,1H3,(H,16,17);1H3,(H,3,4). The average Bonchev–Trinajstić information content (AvgIpc) is 2.39. The fourth-order valence-electron chi connectivity index (χ4n) is 1.83. The second-order valence-electron chi connectivity index (χ2n) is 5.07. The molecule has 0 aromatic rings. The van der Waals surface area contributed by atoms with Gasteiger partial charge in [-0.1, -0.05) is 64.7 Å². The minimum atomic E-state index is -0.947. The highest BCUT2D eigenvalue weighted by atomic mass is 16.4. The number of hydrogen-bond donors (Lipinski definition) is 2. The van der Waals surface area contributed by atoms with E-state index in [0.29, 0.717) is 6.54 Å². The van der Waals surface area contributed by atoms with Crippen LogP contribution in [-0.4, -0.2) is 34.9 Å². The van der Waals surface area contributed by atoms with E-state index >= 15 is 0 Å². The molecule has 0 aromatic heterocycles. The lowest BCUT2D eigenvalue weighted by Crippen LogP contribution is -1.96. The molecule has 0 rings (SSSR count). The predicted molar refractivity (Wildman–Crippen MR) is 86.1 cm³/mol. The Hall–Kier alpha value is -1.39. The Morgan fingerprint density at radius 3 is 1.62 bits per heavy atom. The molecule has 0 spiro atoms. The molecule has 0 heterocycles. The van der Waals surface area contributed by atoms with Crippen LogP contribution in [0.4, 0.5) is 0 Å². The Balaban J connectivity index is 0. The zero-order valence-electron chi connectivity index (χ0n) is 13.5. The molecule has 0 aromatic carbocycles.